The smallest absolute Gasteiger partial charge is 0.313 e. The SMILES string of the molecule is CCSc1c(-c2cc(=O)[nH]cn2)nc2ccc(C(F)(F)F)cn12. The Morgan fingerprint density at radius 1 is 1.35 bits per heavy atom. The molecule has 0 fully saturated rings. The van der Waals surface area contributed by atoms with Gasteiger partial charge in [-0.3, -0.25) is 9.20 Å². The maximum absolute atomic E-state index is 12.9. The minimum absolute atomic E-state index is 0.321. The summed E-state index contributed by atoms with van der Waals surface area (Å²) >= 11 is 1.34. The van der Waals surface area contributed by atoms with Gasteiger partial charge in [-0.1, -0.05) is 6.92 Å². The van der Waals surface area contributed by atoms with Crippen LogP contribution in [0, 0.1) is 0 Å². The Kier molecular flexibility index (Phi) is 3.88. The highest BCUT2D eigenvalue weighted by Gasteiger charge is 2.31. The predicted octanol–water partition coefficient (Wildman–Crippen LogP) is 3.22. The van der Waals surface area contributed by atoms with Crippen LogP contribution in [0.15, 0.2) is 40.5 Å². The number of aromatic nitrogens is 4. The first-order chi connectivity index (χ1) is 10.9. The highest BCUT2D eigenvalue weighted by Crippen LogP contribution is 2.34. The van der Waals surface area contributed by atoms with Gasteiger partial charge in [-0.15, -0.1) is 11.8 Å². The van der Waals surface area contributed by atoms with Gasteiger partial charge < -0.3 is 4.98 Å². The number of thioether (sulfide) groups is 1. The number of alkyl halides is 3. The van der Waals surface area contributed by atoms with Gasteiger partial charge in [0.25, 0.3) is 5.56 Å². The highest BCUT2D eigenvalue weighted by molar-refractivity contribution is 7.99. The molecular formula is C14H11F3N4OS. The Balaban J connectivity index is 2.26. The van der Waals surface area contributed by atoms with Crippen molar-refractivity contribution >= 4 is 17.4 Å². The third-order valence-electron chi connectivity index (χ3n) is 3.10. The number of hydrogen-bond acceptors (Lipinski definition) is 4. The van der Waals surface area contributed by atoms with Crippen LogP contribution in [0.4, 0.5) is 13.2 Å². The van der Waals surface area contributed by atoms with Crippen molar-refractivity contribution in [1.29, 1.82) is 0 Å². The van der Waals surface area contributed by atoms with Crippen molar-refractivity contribution in [2.24, 2.45) is 0 Å². The van der Waals surface area contributed by atoms with E-state index in [9.17, 15) is 18.0 Å². The molecule has 5 nitrogen and oxygen atoms in total. The largest absolute Gasteiger partial charge is 0.417 e. The molecule has 0 saturated heterocycles. The minimum Gasteiger partial charge on any atom is -0.313 e. The zero-order chi connectivity index (χ0) is 16.6. The molecule has 0 spiro atoms. The molecule has 0 unspecified atom stereocenters. The van der Waals surface area contributed by atoms with E-state index in [0.29, 0.717) is 27.8 Å². The van der Waals surface area contributed by atoms with Crippen LogP contribution in [0.25, 0.3) is 17.0 Å². The van der Waals surface area contributed by atoms with Crippen molar-refractivity contribution in [2.45, 2.75) is 18.1 Å². The van der Waals surface area contributed by atoms with E-state index < -0.39 is 11.7 Å². The highest BCUT2D eigenvalue weighted by atomic mass is 32.2. The molecule has 23 heavy (non-hydrogen) atoms. The van der Waals surface area contributed by atoms with Crippen LogP contribution < -0.4 is 5.56 Å². The quantitative estimate of drug-likeness (QED) is 0.744. The van der Waals surface area contributed by atoms with Crippen LogP contribution in [-0.4, -0.2) is 25.1 Å². The molecule has 0 bridgehead atoms. The Morgan fingerprint density at radius 2 is 2.13 bits per heavy atom. The lowest BCUT2D eigenvalue weighted by Gasteiger charge is -2.08. The number of rotatable bonds is 3. The van der Waals surface area contributed by atoms with Crippen LogP contribution in [0.2, 0.25) is 0 Å². The number of nitrogens with zero attached hydrogens (tertiary/aromatic N) is 3. The number of H-pyrrole nitrogens is 1. The fourth-order valence-electron chi connectivity index (χ4n) is 2.13. The van der Waals surface area contributed by atoms with Crippen molar-refractivity contribution in [2.75, 3.05) is 5.75 Å². The summed E-state index contributed by atoms with van der Waals surface area (Å²) in [4.78, 5) is 22.2. The number of aromatic amines is 1. The summed E-state index contributed by atoms with van der Waals surface area (Å²) in [6.07, 6.45) is -2.19. The summed E-state index contributed by atoms with van der Waals surface area (Å²) in [6.45, 7) is 1.88. The first-order valence-corrected chi connectivity index (χ1v) is 7.66. The normalized spacial score (nSPS) is 12.0. The molecule has 3 heterocycles. The third kappa shape index (κ3) is 2.96. The molecule has 0 atom stereocenters. The van der Waals surface area contributed by atoms with Crippen molar-refractivity contribution in [3.63, 3.8) is 0 Å². The molecule has 0 aliphatic rings. The molecule has 3 aromatic rings. The monoisotopic (exact) mass is 340 g/mol. The number of imidazole rings is 1. The Hall–Kier alpha value is -2.29. The lowest BCUT2D eigenvalue weighted by Crippen LogP contribution is -2.06. The van der Waals surface area contributed by atoms with Crippen LogP contribution in [-0.2, 0) is 6.18 Å². The molecular weight excluding hydrogens is 329 g/mol. The Morgan fingerprint density at radius 3 is 2.78 bits per heavy atom. The lowest BCUT2D eigenvalue weighted by atomic mass is 10.3. The van der Waals surface area contributed by atoms with Crippen molar-refractivity contribution in [3.8, 4) is 11.4 Å². The number of nitrogens with one attached hydrogen (secondary N) is 1. The van der Waals surface area contributed by atoms with E-state index in [1.807, 2.05) is 6.92 Å². The molecule has 0 aromatic carbocycles. The van der Waals surface area contributed by atoms with Gasteiger partial charge in [0, 0.05) is 12.3 Å². The van der Waals surface area contributed by atoms with Crippen LogP contribution in [0.3, 0.4) is 0 Å². The van der Waals surface area contributed by atoms with E-state index in [1.54, 1.807) is 0 Å². The Bertz CT molecular complexity index is 916. The van der Waals surface area contributed by atoms with E-state index in [2.05, 4.69) is 15.0 Å². The third-order valence-corrected chi connectivity index (χ3v) is 4.06. The summed E-state index contributed by atoms with van der Waals surface area (Å²) in [6, 6.07) is 3.56. The number of fused-ring (bicyclic) bond motifs is 1. The zero-order valence-electron chi connectivity index (χ0n) is 11.9. The van der Waals surface area contributed by atoms with Gasteiger partial charge in [-0.25, -0.2) is 9.97 Å². The first-order valence-electron chi connectivity index (χ1n) is 6.67. The maximum atomic E-state index is 12.9. The van der Waals surface area contributed by atoms with Gasteiger partial charge >= 0.3 is 6.18 Å². The van der Waals surface area contributed by atoms with Crippen molar-refractivity contribution in [1.82, 2.24) is 19.4 Å². The van der Waals surface area contributed by atoms with E-state index in [0.717, 1.165) is 12.3 Å². The van der Waals surface area contributed by atoms with Crippen LogP contribution >= 0.6 is 11.8 Å². The molecule has 1 N–H and O–H groups in total. The lowest BCUT2D eigenvalue weighted by molar-refractivity contribution is -0.137. The second kappa shape index (κ2) is 5.73. The van der Waals surface area contributed by atoms with Gasteiger partial charge in [0.05, 0.1) is 17.6 Å². The molecule has 3 rings (SSSR count). The molecule has 0 aliphatic carbocycles. The average molecular weight is 340 g/mol. The number of pyridine rings is 1. The summed E-state index contributed by atoms with van der Waals surface area (Å²) in [5.41, 5.74) is -0.0310. The minimum atomic E-state index is -4.44. The fourth-order valence-corrected chi connectivity index (χ4v) is 2.98. The van der Waals surface area contributed by atoms with E-state index in [4.69, 9.17) is 0 Å². The Labute approximate surface area is 132 Å². The van der Waals surface area contributed by atoms with Gasteiger partial charge in [0.1, 0.15) is 16.4 Å². The zero-order valence-corrected chi connectivity index (χ0v) is 12.7. The second-order valence-electron chi connectivity index (χ2n) is 4.64. The van der Waals surface area contributed by atoms with Crippen LogP contribution in [0.1, 0.15) is 12.5 Å². The second-order valence-corrected chi connectivity index (χ2v) is 5.89. The number of halogens is 3. The molecule has 0 amide bonds. The first kappa shape index (κ1) is 15.6. The maximum Gasteiger partial charge on any atom is 0.417 e. The van der Waals surface area contributed by atoms with Gasteiger partial charge in [0.15, 0.2) is 0 Å². The van der Waals surface area contributed by atoms with Crippen LogP contribution in [0.5, 0.6) is 0 Å². The van der Waals surface area contributed by atoms with Gasteiger partial charge in [-0.05, 0) is 17.9 Å². The summed E-state index contributed by atoms with van der Waals surface area (Å²) in [7, 11) is 0. The van der Waals surface area contributed by atoms with Gasteiger partial charge in [0.2, 0.25) is 0 Å². The van der Waals surface area contributed by atoms with E-state index in [-0.39, 0.29) is 5.56 Å². The van der Waals surface area contributed by atoms with E-state index in [1.165, 1.54) is 34.6 Å². The molecule has 9 heteroatoms. The van der Waals surface area contributed by atoms with Crippen molar-refractivity contribution in [3.05, 3.63) is 46.6 Å². The average Bonchev–Trinajstić information content (AvgIpc) is 2.85. The fraction of sp³-hybridized carbons (Fsp3) is 0.214. The van der Waals surface area contributed by atoms with Crippen molar-refractivity contribution < 1.29 is 13.2 Å². The molecule has 3 aromatic heterocycles. The number of hydrogen-bond donors (Lipinski definition) is 1. The standard InChI is InChI=1S/C14H11F3N4OS/c1-2-23-13-12(9-5-11(22)19-7-18-9)20-10-4-3-8(6-21(10)13)14(15,16)17/h3-7H,2H2,1H3,(H,18,19,22). The summed E-state index contributed by atoms with van der Waals surface area (Å²) in [5.74, 6) is 0.639. The molecule has 0 radical (unpaired) electrons. The molecule has 120 valence electrons. The molecule has 0 aliphatic heterocycles. The molecule has 0 saturated carbocycles. The topological polar surface area (TPSA) is 63.0 Å². The van der Waals surface area contributed by atoms with E-state index >= 15 is 0 Å². The summed E-state index contributed by atoms with van der Waals surface area (Å²) < 4.78 is 40.1. The predicted molar refractivity (Wildman–Crippen MR) is 80.4 cm³/mol. The summed E-state index contributed by atoms with van der Waals surface area (Å²) in [5, 5.41) is 0.520. The van der Waals surface area contributed by atoms with Gasteiger partial charge in [-0.2, -0.15) is 13.2 Å².